The second kappa shape index (κ2) is 9.40. The fraction of sp³-hybridized carbons (Fsp3) is 0.316. The SMILES string of the molecule is I.NC(=NCC1(c2ccccc2Cl)CCOCC1)Nc1ccccc1. The van der Waals surface area contributed by atoms with Crippen LogP contribution in [0.25, 0.3) is 0 Å². The minimum atomic E-state index is -0.125. The lowest BCUT2D eigenvalue weighted by molar-refractivity contribution is 0.0532. The molecule has 1 fully saturated rings. The van der Waals surface area contributed by atoms with Crippen LogP contribution < -0.4 is 11.1 Å². The van der Waals surface area contributed by atoms with Gasteiger partial charge in [0.1, 0.15) is 0 Å². The Kier molecular flexibility index (Phi) is 7.53. The summed E-state index contributed by atoms with van der Waals surface area (Å²) in [4.78, 5) is 4.60. The molecule has 25 heavy (non-hydrogen) atoms. The van der Waals surface area contributed by atoms with Gasteiger partial charge in [0.2, 0.25) is 0 Å². The third-order valence-corrected chi connectivity index (χ3v) is 4.82. The van der Waals surface area contributed by atoms with Crippen molar-refractivity contribution in [3.8, 4) is 0 Å². The van der Waals surface area contributed by atoms with Crippen LogP contribution in [-0.2, 0) is 10.2 Å². The molecule has 0 amide bonds. The summed E-state index contributed by atoms with van der Waals surface area (Å²) in [5, 5.41) is 3.91. The second-order valence-electron chi connectivity index (χ2n) is 6.07. The van der Waals surface area contributed by atoms with Crippen LogP contribution in [0, 0.1) is 0 Å². The zero-order chi connectivity index (χ0) is 16.8. The van der Waals surface area contributed by atoms with Gasteiger partial charge in [-0.15, -0.1) is 24.0 Å². The van der Waals surface area contributed by atoms with E-state index >= 15 is 0 Å². The molecule has 0 saturated carbocycles. The van der Waals surface area contributed by atoms with Gasteiger partial charge >= 0.3 is 0 Å². The molecule has 1 saturated heterocycles. The second-order valence-corrected chi connectivity index (χ2v) is 6.47. The monoisotopic (exact) mass is 471 g/mol. The average Bonchev–Trinajstić information content (AvgIpc) is 2.62. The van der Waals surface area contributed by atoms with Crippen LogP contribution in [0.3, 0.4) is 0 Å². The van der Waals surface area contributed by atoms with E-state index in [2.05, 4.69) is 16.4 Å². The summed E-state index contributed by atoms with van der Waals surface area (Å²) in [6.07, 6.45) is 1.78. The van der Waals surface area contributed by atoms with E-state index in [9.17, 15) is 0 Å². The Morgan fingerprint density at radius 2 is 1.72 bits per heavy atom. The Balaban J connectivity index is 0.00000225. The molecule has 1 aliphatic rings. The summed E-state index contributed by atoms with van der Waals surface area (Å²) in [5.41, 5.74) is 8.01. The number of ether oxygens (including phenoxy) is 1. The van der Waals surface area contributed by atoms with Crippen molar-refractivity contribution in [2.45, 2.75) is 18.3 Å². The average molecular weight is 472 g/mol. The highest BCUT2D eigenvalue weighted by atomic mass is 127. The molecule has 0 aliphatic carbocycles. The van der Waals surface area contributed by atoms with Crippen molar-refractivity contribution in [1.82, 2.24) is 0 Å². The van der Waals surface area contributed by atoms with Crippen LogP contribution in [0.15, 0.2) is 59.6 Å². The minimum Gasteiger partial charge on any atom is -0.381 e. The molecule has 1 aliphatic heterocycles. The van der Waals surface area contributed by atoms with Gasteiger partial charge in [-0.25, -0.2) is 0 Å². The maximum atomic E-state index is 6.46. The van der Waals surface area contributed by atoms with Crippen LogP contribution in [0.5, 0.6) is 0 Å². The zero-order valence-corrected chi connectivity index (χ0v) is 17.0. The molecule has 4 nitrogen and oxygen atoms in total. The largest absolute Gasteiger partial charge is 0.381 e. The van der Waals surface area contributed by atoms with Crippen molar-refractivity contribution < 1.29 is 4.74 Å². The fourth-order valence-electron chi connectivity index (χ4n) is 3.11. The van der Waals surface area contributed by atoms with E-state index in [-0.39, 0.29) is 29.4 Å². The number of anilines is 1. The minimum absolute atomic E-state index is 0. The summed E-state index contributed by atoms with van der Waals surface area (Å²) in [5.74, 6) is 0.416. The predicted octanol–water partition coefficient (Wildman–Crippen LogP) is 4.43. The lowest BCUT2D eigenvalue weighted by Gasteiger charge is -2.37. The van der Waals surface area contributed by atoms with Crippen molar-refractivity contribution in [2.75, 3.05) is 25.1 Å². The molecule has 0 spiro atoms. The normalized spacial score (nSPS) is 16.8. The van der Waals surface area contributed by atoms with Crippen molar-refractivity contribution in [3.05, 3.63) is 65.2 Å². The van der Waals surface area contributed by atoms with Crippen molar-refractivity contribution in [3.63, 3.8) is 0 Å². The summed E-state index contributed by atoms with van der Waals surface area (Å²) in [6, 6.07) is 17.8. The van der Waals surface area contributed by atoms with Gasteiger partial charge in [0.15, 0.2) is 5.96 Å². The predicted molar refractivity (Wildman–Crippen MR) is 115 cm³/mol. The number of para-hydroxylation sites is 1. The van der Waals surface area contributed by atoms with Crippen LogP contribution in [-0.4, -0.2) is 25.7 Å². The number of hydrogen-bond donors (Lipinski definition) is 2. The molecule has 134 valence electrons. The highest BCUT2D eigenvalue weighted by molar-refractivity contribution is 14.0. The highest BCUT2D eigenvalue weighted by Crippen LogP contribution is 2.38. The number of aliphatic imine (C=N–C) groups is 1. The van der Waals surface area contributed by atoms with Gasteiger partial charge in [-0.1, -0.05) is 48.0 Å². The fourth-order valence-corrected chi connectivity index (χ4v) is 3.45. The molecule has 3 N–H and O–H groups in total. The summed E-state index contributed by atoms with van der Waals surface area (Å²) in [6.45, 7) is 2.02. The highest BCUT2D eigenvalue weighted by Gasteiger charge is 2.35. The van der Waals surface area contributed by atoms with Crippen molar-refractivity contribution >= 4 is 47.2 Å². The number of benzene rings is 2. The zero-order valence-electron chi connectivity index (χ0n) is 14.0. The first kappa shape index (κ1) is 20.0. The molecule has 3 rings (SSSR count). The third kappa shape index (κ3) is 5.09. The third-order valence-electron chi connectivity index (χ3n) is 4.49. The standard InChI is InChI=1S/C19H22ClN3O.HI/c20-17-9-5-4-8-16(17)19(10-12-24-13-11-19)14-22-18(21)23-15-6-2-1-3-7-15;/h1-9H,10-14H2,(H3,21,22,23);1H. The van der Waals surface area contributed by atoms with Crippen molar-refractivity contribution in [1.29, 1.82) is 0 Å². The number of nitrogens with one attached hydrogen (secondary N) is 1. The van der Waals surface area contributed by atoms with Crippen LogP contribution in [0.1, 0.15) is 18.4 Å². The molecule has 0 radical (unpaired) electrons. The quantitative estimate of drug-likeness (QED) is 0.394. The van der Waals surface area contributed by atoms with E-state index in [1.807, 2.05) is 48.5 Å². The van der Waals surface area contributed by atoms with Crippen LogP contribution >= 0.6 is 35.6 Å². The lowest BCUT2D eigenvalue weighted by atomic mass is 9.74. The van der Waals surface area contributed by atoms with E-state index in [0.717, 1.165) is 29.1 Å². The summed E-state index contributed by atoms with van der Waals surface area (Å²) in [7, 11) is 0. The molecular weight excluding hydrogens is 449 g/mol. The molecule has 2 aromatic rings. The first-order valence-corrected chi connectivity index (χ1v) is 8.52. The molecule has 1 heterocycles. The van der Waals surface area contributed by atoms with E-state index in [0.29, 0.717) is 25.7 Å². The Labute approximate surface area is 170 Å². The number of nitrogens with two attached hydrogens (primary N) is 1. The molecule has 2 aromatic carbocycles. The Hall–Kier alpha value is -1.31. The summed E-state index contributed by atoms with van der Waals surface area (Å²) < 4.78 is 5.55. The van der Waals surface area contributed by atoms with Gasteiger partial charge in [0.05, 0.1) is 6.54 Å². The molecule has 0 unspecified atom stereocenters. The first-order chi connectivity index (χ1) is 11.7. The maximum absolute atomic E-state index is 6.46. The maximum Gasteiger partial charge on any atom is 0.193 e. The molecular formula is C19H23ClIN3O. The molecule has 6 heteroatoms. The molecule has 0 atom stereocenters. The number of halogens is 2. The number of guanidine groups is 1. The smallest absolute Gasteiger partial charge is 0.193 e. The van der Waals surface area contributed by atoms with Crippen LogP contribution in [0.2, 0.25) is 5.02 Å². The number of hydrogen-bond acceptors (Lipinski definition) is 2. The topological polar surface area (TPSA) is 59.6 Å². The van der Waals surface area contributed by atoms with Gasteiger partial charge in [-0.05, 0) is 36.6 Å². The van der Waals surface area contributed by atoms with E-state index in [1.165, 1.54) is 0 Å². The van der Waals surface area contributed by atoms with Gasteiger partial charge in [-0.2, -0.15) is 0 Å². The Morgan fingerprint density at radius 1 is 1.08 bits per heavy atom. The molecule has 0 aromatic heterocycles. The first-order valence-electron chi connectivity index (χ1n) is 8.14. The lowest BCUT2D eigenvalue weighted by Crippen LogP contribution is -2.38. The van der Waals surface area contributed by atoms with Gasteiger partial charge in [0, 0.05) is 29.3 Å². The van der Waals surface area contributed by atoms with Gasteiger partial charge in [0.25, 0.3) is 0 Å². The van der Waals surface area contributed by atoms with Gasteiger partial charge in [-0.3, -0.25) is 4.99 Å². The van der Waals surface area contributed by atoms with Crippen LogP contribution in [0.4, 0.5) is 5.69 Å². The molecule has 0 bridgehead atoms. The van der Waals surface area contributed by atoms with E-state index in [1.54, 1.807) is 0 Å². The van der Waals surface area contributed by atoms with Crippen molar-refractivity contribution in [2.24, 2.45) is 10.7 Å². The van der Waals surface area contributed by atoms with Gasteiger partial charge < -0.3 is 15.8 Å². The number of nitrogens with zero attached hydrogens (tertiary/aromatic N) is 1. The Bertz CT molecular complexity index is 703. The van der Waals surface area contributed by atoms with E-state index in [4.69, 9.17) is 22.1 Å². The Morgan fingerprint density at radius 3 is 2.40 bits per heavy atom. The van der Waals surface area contributed by atoms with E-state index < -0.39 is 0 Å². The number of rotatable bonds is 4. The summed E-state index contributed by atoms with van der Waals surface area (Å²) >= 11 is 6.46.